The summed E-state index contributed by atoms with van der Waals surface area (Å²) in [4.78, 5) is 26.2. The lowest BCUT2D eigenvalue weighted by Gasteiger charge is -2.30. The van der Waals surface area contributed by atoms with Gasteiger partial charge in [-0.3, -0.25) is 25.1 Å². The predicted octanol–water partition coefficient (Wildman–Crippen LogP) is 2.00. The molecule has 0 bridgehead atoms. The quantitative estimate of drug-likeness (QED) is 0.652. The summed E-state index contributed by atoms with van der Waals surface area (Å²) in [6.45, 7) is 4.46. The number of likely N-dealkylation sites (tertiary alicyclic amines) is 1. The monoisotopic (exact) mass is 295 g/mol. The fourth-order valence-electron chi connectivity index (χ4n) is 2.43. The summed E-state index contributed by atoms with van der Waals surface area (Å²) < 4.78 is 0. The molecule has 1 aliphatic heterocycles. The average molecular weight is 295 g/mol. The van der Waals surface area contributed by atoms with Crippen molar-refractivity contribution in [1.29, 1.82) is 0 Å². The minimum Gasteiger partial charge on any atom is -0.352 e. The van der Waals surface area contributed by atoms with Gasteiger partial charge in [-0.15, -0.1) is 0 Å². The third-order valence-electron chi connectivity index (χ3n) is 3.47. The van der Waals surface area contributed by atoms with Crippen molar-refractivity contribution >= 4 is 17.2 Å². The van der Waals surface area contributed by atoms with Crippen LogP contribution >= 0.6 is 0 Å². The summed E-state index contributed by atoms with van der Waals surface area (Å²) in [6, 6.07) is 0.925. The second-order valence-electron chi connectivity index (χ2n) is 5.23. The van der Waals surface area contributed by atoms with Gasteiger partial charge >= 0.3 is 5.69 Å². The molecular formula is C12H17N5O4. The van der Waals surface area contributed by atoms with Crippen LogP contribution in [0.2, 0.25) is 0 Å². The fraction of sp³-hybridized carbons (Fsp3) is 0.583. The molecule has 0 aromatic carbocycles. The minimum atomic E-state index is -0.698. The van der Waals surface area contributed by atoms with E-state index in [4.69, 9.17) is 0 Å². The number of pyridine rings is 1. The van der Waals surface area contributed by atoms with Crippen LogP contribution in [-0.2, 0) is 0 Å². The predicted molar refractivity (Wildman–Crippen MR) is 76.0 cm³/mol. The van der Waals surface area contributed by atoms with E-state index in [0.29, 0.717) is 12.6 Å². The van der Waals surface area contributed by atoms with Crippen molar-refractivity contribution in [3.05, 3.63) is 32.5 Å². The van der Waals surface area contributed by atoms with Gasteiger partial charge in [0.25, 0.3) is 5.69 Å². The zero-order valence-corrected chi connectivity index (χ0v) is 11.7. The number of hydrogen-bond acceptors (Lipinski definition) is 7. The molecule has 0 aliphatic carbocycles. The Bertz CT molecular complexity index is 550. The number of nitrogens with one attached hydrogen (secondary N) is 1. The Labute approximate surface area is 121 Å². The van der Waals surface area contributed by atoms with Gasteiger partial charge in [0.15, 0.2) is 0 Å². The van der Waals surface area contributed by atoms with E-state index in [-0.39, 0.29) is 17.2 Å². The van der Waals surface area contributed by atoms with Crippen molar-refractivity contribution in [3.8, 4) is 0 Å². The van der Waals surface area contributed by atoms with Crippen molar-refractivity contribution in [3.63, 3.8) is 0 Å². The molecule has 0 radical (unpaired) electrons. The van der Waals surface area contributed by atoms with Gasteiger partial charge in [0, 0.05) is 6.54 Å². The summed E-state index contributed by atoms with van der Waals surface area (Å²) in [6.07, 6.45) is 3.30. The van der Waals surface area contributed by atoms with Crippen molar-refractivity contribution in [2.24, 2.45) is 5.92 Å². The molecule has 2 heterocycles. The van der Waals surface area contributed by atoms with Crippen LogP contribution in [0.1, 0.15) is 19.8 Å². The summed E-state index contributed by atoms with van der Waals surface area (Å²) in [5.74, 6) is 0.657. The van der Waals surface area contributed by atoms with Gasteiger partial charge < -0.3 is 5.32 Å². The van der Waals surface area contributed by atoms with Gasteiger partial charge in [-0.1, -0.05) is 6.92 Å². The maximum absolute atomic E-state index is 11.0. The summed E-state index contributed by atoms with van der Waals surface area (Å²) in [5.41, 5.74) is -0.770. The van der Waals surface area contributed by atoms with Crippen molar-refractivity contribution in [2.75, 3.05) is 25.1 Å². The van der Waals surface area contributed by atoms with Gasteiger partial charge in [0.2, 0.25) is 5.82 Å². The van der Waals surface area contributed by atoms with Crippen molar-refractivity contribution < 1.29 is 9.85 Å². The lowest BCUT2D eigenvalue weighted by atomic mass is 10.0. The topological polar surface area (TPSA) is 114 Å². The van der Waals surface area contributed by atoms with Crippen LogP contribution in [0.15, 0.2) is 12.3 Å². The van der Waals surface area contributed by atoms with E-state index in [1.807, 2.05) is 0 Å². The van der Waals surface area contributed by atoms with Crippen LogP contribution in [0.5, 0.6) is 0 Å². The van der Waals surface area contributed by atoms with Crippen LogP contribution in [-0.4, -0.2) is 39.5 Å². The number of anilines is 1. The number of nitrogens with zero attached hydrogens (tertiary/aromatic N) is 4. The Balaban J connectivity index is 2.08. The van der Waals surface area contributed by atoms with E-state index in [0.717, 1.165) is 31.8 Å². The summed E-state index contributed by atoms with van der Waals surface area (Å²) in [5, 5.41) is 24.5. The molecule has 2 rings (SSSR count). The normalized spacial score (nSPS) is 19.2. The summed E-state index contributed by atoms with van der Waals surface area (Å²) in [7, 11) is 0. The largest absolute Gasteiger partial charge is 0.352 e. The first-order valence-electron chi connectivity index (χ1n) is 6.72. The third-order valence-corrected chi connectivity index (χ3v) is 3.47. The molecule has 0 saturated carbocycles. The van der Waals surface area contributed by atoms with Crippen LogP contribution in [0.3, 0.4) is 0 Å². The number of hydrogen-bond donors (Lipinski definition) is 1. The minimum absolute atomic E-state index is 0.0591. The van der Waals surface area contributed by atoms with Gasteiger partial charge in [0.05, 0.1) is 22.6 Å². The molecule has 0 unspecified atom stereocenters. The van der Waals surface area contributed by atoms with E-state index < -0.39 is 9.85 Å². The van der Waals surface area contributed by atoms with E-state index in [1.54, 1.807) is 0 Å². The Morgan fingerprint density at radius 2 is 2.19 bits per heavy atom. The van der Waals surface area contributed by atoms with Crippen LogP contribution < -0.4 is 5.32 Å². The summed E-state index contributed by atoms with van der Waals surface area (Å²) >= 11 is 0. The van der Waals surface area contributed by atoms with E-state index >= 15 is 0 Å². The lowest BCUT2D eigenvalue weighted by Crippen LogP contribution is -2.37. The van der Waals surface area contributed by atoms with Crippen molar-refractivity contribution in [1.82, 2.24) is 9.88 Å². The molecule has 1 aromatic rings. The highest BCUT2D eigenvalue weighted by Crippen LogP contribution is 2.26. The van der Waals surface area contributed by atoms with Gasteiger partial charge in [-0.2, -0.15) is 0 Å². The Morgan fingerprint density at radius 3 is 2.81 bits per heavy atom. The smallest absolute Gasteiger partial charge is 0.318 e. The first-order chi connectivity index (χ1) is 9.97. The average Bonchev–Trinajstić information content (AvgIpc) is 2.44. The molecule has 1 fully saturated rings. The Hall–Kier alpha value is -2.29. The zero-order chi connectivity index (χ0) is 15.4. The molecule has 1 saturated heterocycles. The second-order valence-corrected chi connectivity index (χ2v) is 5.23. The fourth-order valence-corrected chi connectivity index (χ4v) is 2.43. The zero-order valence-electron chi connectivity index (χ0n) is 11.7. The molecule has 9 heteroatoms. The van der Waals surface area contributed by atoms with Crippen LogP contribution in [0, 0.1) is 26.1 Å². The number of nitro groups is 2. The van der Waals surface area contributed by atoms with E-state index in [9.17, 15) is 20.2 Å². The van der Waals surface area contributed by atoms with E-state index in [2.05, 4.69) is 22.1 Å². The SMILES string of the molecule is C[C@@H]1CCCN(CNc2ncc([N+](=O)[O-])cc2[N+](=O)[O-])C1. The van der Waals surface area contributed by atoms with Crippen molar-refractivity contribution in [2.45, 2.75) is 19.8 Å². The molecule has 1 N–H and O–H groups in total. The molecule has 9 nitrogen and oxygen atoms in total. The molecule has 21 heavy (non-hydrogen) atoms. The first-order valence-corrected chi connectivity index (χ1v) is 6.72. The molecular weight excluding hydrogens is 278 g/mol. The van der Waals surface area contributed by atoms with Crippen LogP contribution in [0.25, 0.3) is 0 Å². The highest BCUT2D eigenvalue weighted by Gasteiger charge is 2.22. The number of rotatable bonds is 5. The molecule has 1 aliphatic rings. The van der Waals surface area contributed by atoms with E-state index in [1.165, 1.54) is 6.42 Å². The Kier molecular flexibility index (Phi) is 4.63. The standard InChI is InChI=1S/C12H17N5O4/c1-9-3-2-4-15(7-9)8-14-12-11(17(20)21)5-10(6-13-12)16(18)19/h5-6,9H,2-4,7-8H2,1H3,(H,13,14)/t9-/m1/s1. The van der Waals surface area contributed by atoms with Gasteiger partial charge in [-0.25, -0.2) is 4.98 Å². The maximum Gasteiger partial charge on any atom is 0.318 e. The molecule has 1 atom stereocenters. The lowest BCUT2D eigenvalue weighted by molar-refractivity contribution is -0.394. The molecule has 1 aromatic heterocycles. The van der Waals surface area contributed by atoms with Gasteiger partial charge in [-0.05, 0) is 25.3 Å². The Morgan fingerprint density at radius 1 is 1.43 bits per heavy atom. The molecule has 0 amide bonds. The second kappa shape index (κ2) is 6.44. The maximum atomic E-state index is 11.0. The highest BCUT2D eigenvalue weighted by molar-refractivity contribution is 5.59. The highest BCUT2D eigenvalue weighted by atomic mass is 16.6. The number of piperidine rings is 1. The van der Waals surface area contributed by atoms with Crippen LogP contribution in [0.4, 0.5) is 17.2 Å². The van der Waals surface area contributed by atoms with Gasteiger partial charge in [0.1, 0.15) is 6.20 Å². The molecule has 0 spiro atoms. The third kappa shape index (κ3) is 3.85. The molecule has 114 valence electrons. The first kappa shape index (κ1) is 15.1. The number of aromatic nitrogens is 1.